The monoisotopic (exact) mass is 188 g/mol. The number of thiophene rings is 1. The maximum Gasteiger partial charge on any atom is 0.101 e. The van der Waals surface area contributed by atoms with Gasteiger partial charge in [-0.25, -0.2) is 0 Å². The van der Waals surface area contributed by atoms with E-state index in [1.54, 1.807) is 11.3 Å². The summed E-state index contributed by atoms with van der Waals surface area (Å²) in [5, 5.41) is 11.9. The molecule has 0 aliphatic rings. The number of hydrogen-bond donors (Lipinski definition) is 1. The smallest absolute Gasteiger partial charge is 0.101 e. The van der Waals surface area contributed by atoms with Crippen LogP contribution in [0.15, 0.2) is 17.5 Å². The Morgan fingerprint density at radius 3 is 3.00 bits per heavy atom. The average Bonchev–Trinajstić information content (AvgIpc) is 2.53. The second-order valence-electron chi connectivity index (χ2n) is 2.93. The molecule has 3 heteroatoms. The minimum atomic E-state index is 0.749. The van der Waals surface area contributed by atoms with Crippen LogP contribution < -0.4 is 5.73 Å². The van der Waals surface area contributed by atoms with Gasteiger partial charge < -0.3 is 5.73 Å². The van der Waals surface area contributed by atoms with Crippen LogP contribution in [-0.2, 0) is 0 Å². The number of anilines is 1. The molecule has 2 N–H and O–H groups in total. The normalized spacial score (nSPS) is 10.2. The van der Waals surface area contributed by atoms with E-state index in [0.29, 0.717) is 0 Å². The maximum absolute atomic E-state index is 8.94. The zero-order valence-corrected chi connectivity index (χ0v) is 7.98. The summed E-state index contributed by atoms with van der Waals surface area (Å²) in [7, 11) is 0. The Kier molecular flexibility index (Phi) is 1.71. The van der Waals surface area contributed by atoms with Gasteiger partial charge >= 0.3 is 0 Å². The molecule has 2 rings (SSSR count). The van der Waals surface area contributed by atoms with Crippen LogP contribution in [0.4, 0.5) is 5.69 Å². The zero-order chi connectivity index (χ0) is 9.42. The summed E-state index contributed by atoms with van der Waals surface area (Å²) >= 11 is 1.56. The van der Waals surface area contributed by atoms with Crippen molar-refractivity contribution < 1.29 is 0 Å². The number of hydrogen-bond acceptors (Lipinski definition) is 3. The molecule has 2 nitrogen and oxygen atoms in total. The maximum atomic E-state index is 8.94. The third-order valence-corrected chi connectivity index (χ3v) is 3.01. The topological polar surface area (TPSA) is 49.8 Å². The van der Waals surface area contributed by atoms with Crippen LogP contribution in [0.2, 0.25) is 0 Å². The molecular weight excluding hydrogens is 180 g/mol. The molecule has 0 unspecified atom stereocenters. The van der Waals surface area contributed by atoms with E-state index in [0.717, 1.165) is 26.9 Å². The number of nitriles is 1. The highest BCUT2D eigenvalue weighted by Crippen LogP contribution is 2.31. The molecule has 0 aliphatic carbocycles. The quantitative estimate of drug-likeness (QED) is 0.646. The van der Waals surface area contributed by atoms with Crippen LogP contribution in [-0.4, -0.2) is 0 Å². The SMILES string of the molecule is Cc1cc(N)c2ccsc2c1C#N. The first-order valence-electron chi connectivity index (χ1n) is 3.90. The van der Waals surface area contributed by atoms with Gasteiger partial charge in [-0.1, -0.05) is 0 Å². The summed E-state index contributed by atoms with van der Waals surface area (Å²) in [6, 6.07) is 6.02. The summed E-state index contributed by atoms with van der Waals surface area (Å²) in [5.74, 6) is 0. The fourth-order valence-corrected chi connectivity index (χ4v) is 2.41. The number of nitrogen functional groups attached to an aromatic ring is 1. The molecule has 1 aromatic carbocycles. The molecule has 0 aliphatic heterocycles. The van der Waals surface area contributed by atoms with Gasteiger partial charge in [-0.05, 0) is 30.0 Å². The first kappa shape index (κ1) is 8.09. The van der Waals surface area contributed by atoms with Gasteiger partial charge in [0, 0.05) is 11.1 Å². The molecule has 0 atom stereocenters. The molecule has 1 aromatic heterocycles. The predicted molar refractivity (Wildman–Crippen MR) is 55.7 cm³/mol. The van der Waals surface area contributed by atoms with Crippen LogP contribution in [0.1, 0.15) is 11.1 Å². The van der Waals surface area contributed by atoms with Gasteiger partial charge in [-0.15, -0.1) is 11.3 Å². The largest absolute Gasteiger partial charge is 0.398 e. The molecule has 1 heterocycles. The van der Waals surface area contributed by atoms with Crippen LogP contribution >= 0.6 is 11.3 Å². The van der Waals surface area contributed by atoms with Crippen LogP contribution in [0.5, 0.6) is 0 Å². The molecule has 13 heavy (non-hydrogen) atoms. The van der Waals surface area contributed by atoms with Gasteiger partial charge in [0.05, 0.1) is 10.3 Å². The van der Waals surface area contributed by atoms with Crippen molar-refractivity contribution in [2.75, 3.05) is 5.73 Å². The van der Waals surface area contributed by atoms with Crippen LogP contribution in [0.25, 0.3) is 10.1 Å². The minimum absolute atomic E-state index is 0.749. The minimum Gasteiger partial charge on any atom is -0.398 e. The van der Waals surface area contributed by atoms with Crippen molar-refractivity contribution in [1.29, 1.82) is 5.26 Å². The van der Waals surface area contributed by atoms with Gasteiger partial charge in [0.15, 0.2) is 0 Å². The van der Waals surface area contributed by atoms with E-state index in [-0.39, 0.29) is 0 Å². The van der Waals surface area contributed by atoms with Crippen molar-refractivity contribution in [3.05, 3.63) is 28.6 Å². The van der Waals surface area contributed by atoms with E-state index < -0.39 is 0 Å². The summed E-state index contributed by atoms with van der Waals surface area (Å²) in [5.41, 5.74) is 8.28. The van der Waals surface area contributed by atoms with E-state index in [1.807, 2.05) is 24.4 Å². The highest BCUT2D eigenvalue weighted by atomic mass is 32.1. The van der Waals surface area contributed by atoms with E-state index >= 15 is 0 Å². The van der Waals surface area contributed by atoms with E-state index in [9.17, 15) is 0 Å². The third kappa shape index (κ3) is 1.07. The number of benzene rings is 1. The summed E-state index contributed by atoms with van der Waals surface area (Å²) < 4.78 is 1.00. The van der Waals surface area contributed by atoms with E-state index in [2.05, 4.69) is 6.07 Å². The first-order chi connectivity index (χ1) is 6.24. The standard InChI is InChI=1S/C10H8N2S/c1-6-4-9(12)7-2-3-13-10(7)8(6)5-11/h2-4H,12H2,1H3. The van der Waals surface area contributed by atoms with Gasteiger partial charge in [0.25, 0.3) is 0 Å². The molecule has 0 saturated carbocycles. The van der Waals surface area contributed by atoms with Crippen molar-refractivity contribution in [2.45, 2.75) is 6.92 Å². The summed E-state index contributed by atoms with van der Waals surface area (Å²) in [4.78, 5) is 0. The number of fused-ring (bicyclic) bond motifs is 1. The highest BCUT2D eigenvalue weighted by molar-refractivity contribution is 7.17. The van der Waals surface area contributed by atoms with Crippen LogP contribution in [0.3, 0.4) is 0 Å². The molecule has 0 radical (unpaired) electrons. The Balaban J connectivity index is 2.99. The van der Waals surface area contributed by atoms with Gasteiger partial charge in [0.1, 0.15) is 6.07 Å². The number of nitrogens with two attached hydrogens (primary N) is 1. The Morgan fingerprint density at radius 1 is 1.54 bits per heavy atom. The summed E-state index contributed by atoms with van der Waals surface area (Å²) in [6.45, 7) is 1.91. The van der Waals surface area contributed by atoms with E-state index in [1.165, 1.54) is 0 Å². The second kappa shape index (κ2) is 2.75. The van der Waals surface area contributed by atoms with Crippen molar-refractivity contribution in [3.63, 3.8) is 0 Å². The van der Waals surface area contributed by atoms with Crippen molar-refractivity contribution in [3.8, 4) is 6.07 Å². The second-order valence-corrected chi connectivity index (χ2v) is 3.85. The van der Waals surface area contributed by atoms with Crippen LogP contribution in [0, 0.1) is 18.3 Å². The Morgan fingerprint density at radius 2 is 2.31 bits per heavy atom. The lowest BCUT2D eigenvalue weighted by Crippen LogP contribution is -1.89. The lowest BCUT2D eigenvalue weighted by atomic mass is 10.1. The molecule has 2 aromatic rings. The fourth-order valence-electron chi connectivity index (χ4n) is 1.43. The third-order valence-electron chi connectivity index (χ3n) is 2.08. The molecular formula is C10H8N2S. The lowest BCUT2D eigenvalue weighted by Gasteiger charge is -2.01. The van der Waals surface area contributed by atoms with Crippen molar-refractivity contribution in [1.82, 2.24) is 0 Å². The van der Waals surface area contributed by atoms with Crippen molar-refractivity contribution >= 4 is 27.1 Å². The summed E-state index contributed by atoms with van der Waals surface area (Å²) in [6.07, 6.45) is 0. The first-order valence-corrected chi connectivity index (χ1v) is 4.78. The average molecular weight is 188 g/mol. The van der Waals surface area contributed by atoms with Gasteiger partial charge in [-0.3, -0.25) is 0 Å². The van der Waals surface area contributed by atoms with E-state index in [4.69, 9.17) is 11.0 Å². The zero-order valence-electron chi connectivity index (χ0n) is 7.16. The molecule has 0 spiro atoms. The fraction of sp³-hybridized carbons (Fsp3) is 0.100. The Bertz CT molecular complexity index is 505. The number of aryl methyl sites for hydroxylation is 1. The van der Waals surface area contributed by atoms with Gasteiger partial charge in [0.2, 0.25) is 0 Å². The van der Waals surface area contributed by atoms with Gasteiger partial charge in [-0.2, -0.15) is 5.26 Å². The number of nitrogens with zero attached hydrogens (tertiary/aromatic N) is 1. The molecule has 0 amide bonds. The lowest BCUT2D eigenvalue weighted by molar-refractivity contribution is 1.43. The molecule has 64 valence electrons. The number of rotatable bonds is 0. The molecule has 0 bridgehead atoms. The molecule has 0 fully saturated rings. The Hall–Kier alpha value is -1.53. The molecule has 0 saturated heterocycles. The van der Waals surface area contributed by atoms with Crippen molar-refractivity contribution in [2.24, 2.45) is 0 Å². The predicted octanol–water partition coefficient (Wildman–Crippen LogP) is 2.66. The highest BCUT2D eigenvalue weighted by Gasteiger charge is 2.07. The Labute approximate surface area is 80.2 Å².